The predicted octanol–water partition coefficient (Wildman–Crippen LogP) is 3.08. The lowest BCUT2D eigenvalue weighted by Crippen LogP contribution is -2.31. The number of ketones is 1. The third-order valence-electron chi connectivity index (χ3n) is 5.22. The monoisotopic (exact) mass is 382 g/mol. The minimum absolute atomic E-state index is 0.102. The third-order valence-corrected chi connectivity index (χ3v) is 5.22. The van der Waals surface area contributed by atoms with Gasteiger partial charge < -0.3 is 20.1 Å². The second-order valence-electron chi connectivity index (χ2n) is 7.70. The number of aliphatic hydroxyl groups excluding tert-OH is 3. The molecule has 3 N–H and O–H groups in total. The molecule has 0 aromatic heterocycles. The minimum atomic E-state index is -0.742. The molecule has 0 saturated carbocycles. The van der Waals surface area contributed by atoms with Crippen molar-refractivity contribution >= 4 is 11.8 Å². The first kappa shape index (κ1) is 23.4. The summed E-state index contributed by atoms with van der Waals surface area (Å²) >= 11 is 0. The molecule has 1 aliphatic heterocycles. The maximum absolute atomic E-state index is 11.9. The maximum atomic E-state index is 11.9. The van der Waals surface area contributed by atoms with E-state index in [0.717, 1.165) is 6.42 Å². The van der Waals surface area contributed by atoms with Crippen LogP contribution in [0.4, 0.5) is 0 Å². The number of esters is 1. The van der Waals surface area contributed by atoms with Gasteiger partial charge in [0.2, 0.25) is 0 Å². The van der Waals surface area contributed by atoms with E-state index in [9.17, 15) is 24.9 Å². The molecule has 6 heteroatoms. The molecule has 27 heavy (non-hydrogen) atoms. The van der Waals surface area contributed by atoms with Crippen molar-refractivity contribution in [2.45, 2.75) is 72.0 Å². The van der Waals surface area contributed by atoms with Crippen LogP contribution in [0.25, 0.3) is 0 Å². The zero-order chi connectivity index (χ0) is 20.6. The van der Waals surface area contributed by atoms with E-state index >= 15 is 0 Å². The highest BCUT2D eigenvalue weighted by molar-refractivity contribution is 6.19. The van der Waals surface area contributed by atoms with Crippen LogP contribution in [-0.2, 0) is 14.3 Å². The Morgan fingerprint density at radius 2 is 2.00 bits per heavy atom. The molecular weight excluding hydrogens is 348 g/mol. The third kappa shape index (κ3) is 7.11. The lowest BCUT2D eigenvalue weighted by atomic mass is 9.89. The molecule has 1 heterocycles. The van der Waals surface area contributed by atoms with Crippen LogP contribution in [0.15, 0.2) is 23.5 Å². The number of rotatable bonds is 10. The van der Waals surface area contributed by atoms with Gasteiger partial charge in [0.25, 0.3) is 0 Å². The molecule has 1 aliphatic rings. The van der Waals surface area contributed by atoms with Gasteiger partial charge in [0.05, 0.1) is 12.7 Å². The summed E-state index contributed by atoms with van der Waals surface area (Å²) in [5.41, 5.74) is -0.215. The minimum Gasteiger partial charge on any atom is -0.511 e. The van der Waals surface area contributed by atoms with Crippen molar-refractivity contribution in [2.24, 2.45) is 17.8 Å². The summed E-state index contributed by atoms with van der Waals surface area (Å²) in [5, 5.41) is 29.8. The van der Waals surface area contributed by atoms with Crippen LogP contribution >= 0.6 is 0 Å². The van der Waals surface area contributed by atoms with E-state index in [2.05, 4.69) is 0 Å². The standard InChI is InChI=1S/C21H34O6/c1-5-14(3)20(25)16(12-22)8-6-7-13(2)9-10-17(23)19-18(24)11-15(4)27-21(19)26/h6,8,13-16,20,22-23,25H,5,7,9-12H2,1-4H3. The number of allylic oxidation sites excluding steroid dienone is 2. The largest absolute Gasteiger partial charge is 0.511 e. The highest BCUT2D eigenvalue weighted by atomic mass is 16.5. The number of aliphatic hydroxyl groups is 3. The van der Waals surface area contributed by atoms with E-state index in [1.807, 2.05) is 32.9 Å². The van der Waals surface area contributed by atoms with E-state index in [0.29, 0.717) is 12.8 Å². The van der Waals surface area contributed by atoms with E-state index < -0.39 is 18.2 Å². The van der Waals surface area contributed by atoms with Gasteiger partial charge >= 0.3 is 5.97 Å². The second-order valence-corrected chi connectivity index (χ2v) is 7.70. The number of ether oxygens (including phenoxy) is 1. The molecule has 0 amide bonds. The molecule has 0 aromatic carbocycles. The Morgan fingerprint density at radius 3 is 2.56 bits per heavy atom. The van der Waals surface area contributed by atoms with Crippen LogP contribution < -0.4 is 0 Å². The Kier molecular flexibility index (Phi) is 9.74. The quantitative estimate of drug-likeness (QED) is 0.176. The lowest BCUT2D eigenvalue weighted by molar-refractivity contribution is -0.150. The molecule has 1 rings (SSSR count). The summed E-state index contributed by atoms with van der Waals surface area (Å²) in [6.45, 7) is 7.51. The fraction of sp³-hybridized carbons (Fsp3) is 0.714. The van der Waals surface area contributed by atoms with Crippen LogP contribution in [0.2, 0.25) is 0 Å². The number of hydrogen-bond acceptors (Lipinski definition) is 6. The molecule has 6 nitrogen and oxygen atoms in total. The Balaban J connectivity index is 2.55. The Morgan fingerprint density at radius 1 is 1.33 bits per heavy atom. The normalized spacial score (nSPS) is 24.4. The first-order chi connectivity index (χ1) is 12.7. The van der Waals surface area contributed by atoms with Crippen molar-refractivity contribution < 1.29 is 29.6 Å². The van der Waals surface area contributed by atoms with Crippen LogP contribution in [0.3, 0.4) is 0 Å². The van der Waals surface area contributed by atoms with E-state index in [-0.39, 0.29) is 54.3 Å². The number of cyclic esters (lactones) is 1. The van der Waals surface area contributed by atoms with Gasteiger partial charge in [-0.2, -0.15) is 0 Å². The summed E-state index contributed by atoms with van der Waals surface area (Å²) in [6, 6.07) is 0. The molecule has 5 unspecified atom stereocenters. The first-order valence-corrected chi connectivity index (χ1v) is 9.83. The summed E-state index contributed by atoms with van der Waals surface area (Å²) in [6.07, 6.45) is 5.24. The number of carbonyl (C=O) groups excluding carboxylic acids is 2. The van der Waals surface area contributed by atoms with Crippen molar-refractivity contribution in [1.82, 2.24) is 0 Å². The molecular formula is C21H34O6. The van der Waals surface area contributed by atoms with Crippen molar-refractivity contribution in [1.29, 1.82) is 0 Å². The van der Waals surface area contributed by atoms with Crippen molar-refractivity contribution in [3.05, 3.63) is 23.5 Å². The molecule has 154 valence electrons. The van der Waals surface area contributed by atoms with Gasteiger partial charge in [0.15, 0.2) is 5.78 Å². The summed E-state index contributed by atoms with van der Waals surface area (Å²) in [4.78, 5) is 23.8. The van der Waals surface area contributed by atoms with Gasteiger partial charge in [-0.15, -0.1) is 0 Å². The van der Waals surface area contributed by atoms with Gasteiger partial charge in [0.1, 0.15) is 17.4 Å². The highest BCUT2D eigenvalue weighted by Crippen LogP contribution is 2.23. The van der Waals surface area contributed by atoms with Gasteiger partial charge in [-0.3, -0.25) is 4.79 Å². The number of Topliss-reactive ketones (excluding diaryl/α,β-unsaturated/α-hetero) is 1. The number of hydrogen-bond donors (Lipinski definition) is 3. The summed E-state index contributed by atoms with van der Waals surface area (Å²) < 4.78 is 5.02. The van der Waals surface area contributed by atoms with Crippen molar-refractivity contribution in [3.63, 3.8) is 0 Å². The molecule has 5 atom stereocenters. The molecule has 0 aromatic rings. The molecule has 0 radical (unpaired) electrons. The topological polar surface area (TPSA) is 104 Å². The van der Waals surface area contributed by atoms with Gasteiger partial charge in [-0.25, -0.2) is 4.79 Å². The number of carbonyl (C=O) groups is 2. The first-order valence-electron chi connectivity index (χ1n) is 9.83. The predicted molar refractivity (Wildman–Crippen MR) is 103 cm³/mol. The molecule has 0 spiro atoms. The fourth-order valence-corrected chi connectivity index (χ4v) is 3.10. The van der Waals surface area contributed by atoms with Crippen LogP contribution in [-0.4, -0.2) is 45.9 Å². The van der Waals surface area contributed by atoms with E-state index in [1.165, 1.54) is 0 Å². The average Bonchev–Trinajstić information content (AvgIpc) is 2.61. The lowest BCUT2D eigenvalue weighted by Gasteiger charge is -2.23. The molecule has 0 aliphatic carbocycles. The van der Waals surface area contributed by atoms with Crippen LogP contribution in [0, 0.1) is 17.8 Å². The van der Waals surface area contributed by atoms with Gasteiger partial charge in [-0.05, 0) is 31.6 Å². The smallest absolute Gasteiger partial charge is 0.345 e. The van der Waals surface area contributed by atoms with Crippen LogP contribution in [0.5, 0.6) is 0 Å². The average molecular weight is 382 g/mol. The fourth-order valence-electron chi connectivity index (χ4n) is 3.10. The van der Waals surface area contributed by atoms with Crippen molar-refractivity contribution in [3.8, 4) is 0 Å². The van der Waals surface area contributed by atoms with E-state index in [4.69, 9.17) is 4.74 Å². The zero-order valence-corrected chi connectivity index (χ0v) is 16.9. The highest BCUT2D eigenvalue weighted by Gasteiger charge is 2.32. The Labute approximate surface area is 161 Å². The maximum Gasteiger partial charge on any atom is 0.345 e. The molecule has 0 bridgehead atoms. The van der Waals surface area contributed by atoms with Crippen molar-refractivity contribution in [2.75, 3.05) is 6.61 Å². The molecule has 1 saturated heterocycles. The van der Waals surface area contributed by atoms with Crippen LogP contribution in [0.1, 0.15) is 59.8 Å². The van der Waals surface area contributed by atoms with Gasteiger partial charge in [0, 0.05) is 18.8 Å². The Hall–Kier alpha value is -1.66. The summed E-state index contributed by atoms with van der Waals surface area (Å²) in [5.74, 6) is -1.28. The zero-order valence-electron chi connectivity index (χ0n) is 16.9. The summed E-state index contributed by atoms with van der Waals surface area (Å²) in [7, 11) is 0. The van der Waals surface area contributed by atoms with E-state index in [1.54, 1.807) is 6.92 Å². The second kappa shape index (κ2) is 11.2. The van der Waals surface area contributed by atoms with Gasteiger partial charge in [-0.1, -0.05) is 39.3 Å². The Bertz CT molecular complexity index is 545. The SMILES string of the molecule is CCC(C)C(O)C(C=CCC(C)CCC(O)=C1C(=O)CC(C)OC1=O)CO. The molecule has 1 fully saturated rings.